The van der Waals surface area contributed by atoms with Crippen LogP contribution in [0.2, 0.25) is 0 Å². The van der Waals surface area contributed by atoms with Crippen molar-refractivity contribution in [1.82, 2.24) is 10.2 Å². The van der Waals surface area contributed by atoms with Crippen molar-refractivity contribution in [1.29, 1.82) is 0 Å². The molecule has 2 aliphatic heterocycles. The highest BCUT2D eigenvalue weighted by atomic mass is 35.5. The Balaban J connectivity index is 0.00000144. The lowest BCUT2D eigenvalue weighted by atomic mass is 9.96. The van der Waals surface area contributed by atoms with Gasteiger partial charge in [0.15, 0.2) is 0 Å². The normalized spacial score (nSPS) is 26.4. The van der Waals surface area contributed by atoms with Crippen molar-refractivity contribution >= 4 is 18.3 Å². The van der Waals surface area contributed by atoms with Crippen LogP contribution in [0.4, 0.5) is 0 Å². The zero-order valence-corrected chi connectivity index (χ0v) is 11.3. The zero-order chi connectivity index (χ0) is 11.4. The molecule has 1 N–H and O–H groups in total. The van der Waals surface area contributed by atoms with Crippen molar-refractivity contribution in [2.75, 3.05) is 33.3 Å². The molecule has 0 aromatic carbocycles. The number of likely N-dealkylation sites (tertiary alicyclic amines) is 1. The topological polar surface area (TPSA) is 41.6 Å². The maximum absolute atomic E-state index is 12.2. The number of hydrogen-bond acceptors (Lipinski definition) is 3. The Kier molecular flexibility index (Phi) is 6.23. The van der Waals surface area contributed by atoms with Gasteiger partial charge in [-0.1, -0.05) is 0 Å². The minimum Gasteiger partial charge on any atom is -0.381 e. The van der Waals surface area contributed by atoms with Crippen LogP contribution in [0, 0.1) is 5.92 Å². The average molecular weight is 263 g/mol. The molecule has 2 saturated heterocycles. The molecule has 2 rings (SSSR count). The lowest BCUT2D eigenvalue weighted by molar-refractivity contribution is -0.138. The number of rotatable bonds is 2. The molecule has 0 spiro atoms. The van der Waals surface area contributed by atoms with E-state index in [2.05, 4.69) is 5.32 Å². The minimum absolute atomic E-state index is 0. The molecule has 1 amide bonds. The summed E-state index contributed by atoms with van der Waals surface area (Å²) in [7, 11) is 1.76. The third-order valence-electron chi connectivity index (χ3n) is 3.73. The first kappa shape index (κ1) is 14.7. The number of ether oxygens (including phenoxy) is 1. The van der Waals surface area contributed by atoms with Crippen molar-refractivity contribution in [2.45, 2.75) is 31.8 Å². The summed E-state index contributed by atoms with van der Waals surface area (Å²) in [4.78, 5) is 14.2. The largest absolute Gasteiger partial charge is 0.381 e. The summed E-state index contributed by atoms with van der Waals surface area (Å²) in [5.41, 5.74) is 0. The third-order valence-corrected chi connectivity index (χ3v) is 3.73. The Bertz CT molecular complexity index is 237. The maximum Gasteiger partial charge on any atom is 0.226 e. The Morgan fingerprint density at radius 1 is 1.29 bits per heavy atom. The van der Waals surface area contributed by atoms with E-state index in [1.54, 1.807) is 7.11 Å². The summed E-state index contributed by atoms with van der Waals surface area (Å²) in [6.07, 6.45) is 4.51. The van der Waals surface area contributed by atoms with Crippen LogP contribution >= 0.6 is 12.4 Å². The standard InChI is InChI=1S/C12H22N2O2.ClH/c1-16-11-4-7-14(8-5-11)12(15)10-3-2-6-13-9-10;/h10-11,13H,2-9H2,1H3;1H. The highest BCUT2D eigenvalue weighted by Crippen LogP contribution is 2.18. The molecular weight excluding hydrogens is 240 g/mol. The van der Waals surface area contributed by atoms with Crippen molar-refractivity contribution in [2.24, 2.45) is 5.92 Å². The Morgan fingerprint density at radius 2 is 2.00 bits per heavy atom. The molecule has 0 bridgehead atoms. The van der Waals surface area contributed by atoms with Gasteiger partial charge in [0.05, 0.1) is 12.0 Å². The SMILES string of the molecule is COC1CCN(C(=O)C2CCCNC2)CC1.Cl. The number of carbonyl (C=O) groups is 1. The van der Waals surface area contributed by atoms with Gasteiger partial charge in [0, 0.05) is 26.7 Å². The van der Waals surface area contributed by atoms with Crippen molar-refractivity contribution in [3.8, 4) is 0 Å². The van der Waals surface area contributed by atoms with Crippen LogP contribution in [0.5, 0.6) is 0 Å². The number of carbonyl (C=O) groups excluding carboxylic acids is 1. The molecule has 2 fully saturated rings. The van der Waals surface area contributed by atoms with Crippen molar-refractivity contribution in [3.05, 3.63) is 0 Å². The first-order chi connectivity index (χ1) is 7.81. The molecule has 2 heterocycles. The van der Waals surface area contributed by atoms with Crippen LogP contribution in [-0.2, 0) is 9.53 Å². The van der Waals surface area contributed by atoms with E-state index < -0.39 is 0 Å². The number of amides is 1. The number of methoxy groups -OCH3 is 1. The van der Waals surface area contributed by atoms with Gasteiger partial charge in [-0.2, -0.15) is 0 Å². The average Bonchev–Trinajstić information content (AvgIpc) is 2.39. The van der Waals surface area contributed by atoms with Gasteiger partial charge >= 0.3 is 0 Å². The van der Waals surface area contributed by atoms with E-state index in [9.17, 15) is 4.79 Å². The number of hydrogen-bond donors (Lipinski definition) is 1. The predicted octanol–water partition coefficient (Wildman–Crippen LogP) is 1.05. The molecule has 0 aromatic heterocycles. The molecular formula is C12H23ClN2O2. The van der Waals surface area contributed by atoms with Crippen LogP contribution in [0.15, 0.2) is 0 Å². The molecule has 17 heavy (non-hydrogen) atoms. The van der Waals surface area contributed by atoms with Gasteiger partial charge < -0.3 is 15.0 Å². The summed E-state index contributed by atoms with van der Waals surface area (Å²) >= 11 is 0. The van der Waals surface area contributed by atoms with Gasteiger partial charge in [0.25, 0.3) is 0 Å². The highest BCUT2D eigenvalue weighted by Gasteiger charge is 2.28. The van der Waals surface area contributed by atoms with Gasteiger partial charge in [-0.25, -0.2) is 0 Å². The molecule has 0 radical (unpaired) electrons. The van der Waals surface area contributed by atoms with E-state index >= 15 is 0 Å². The number of nitrogens with zero attached hydrogens (tertiary/aromatic N) is 1. The van der Waals surface area contributed by atoms with Crippen molar-refractivity contribution < 1.29 is 9.53 Å². The fourth-order valence-corrected chi connectivity index (χ4v) is 2.63. The summed E-state index contributed by atoms with van der Waals surface area (Å²) in [6.45, 7) is 3.67. The van der Waals surface area contributed by atoms with E-state index in [4.69, 9.17) is 4.74 Å². The van der Waals surface area contributed by atoms with Crippen LogP contribution < -0.4 is 5.32 Å². The molecule has 1 unspecified atom stereocenters. The Hall–Kier alpha value is -0.320. The number of halogens is 1. The summed E-state index contributed by atoms with van der Waals surface area (Å²) in [5, 5.41) is 3.30. The summed E-state index contributed by atoms with van der Waals surface area (Å²) in [5.74, 6) is 0.564. The highest BCUT2D eigenvalue weighted by molar-refractivity contribution is 5.85. The lowest BCUT2D eigenvalue weighted by Crippen LogP contribution is -2.47. The Morgan fingerprint density at radius 3 is 2.53 bits per heavy atom. The minimum atomic E-state index is 0. The second kappa shape index (κ2) is 7.19. The molecule has 4 nitrogen and oxygen atoms in total. The quantitative estimate of drug-likeness (QED) is 0.809. The predicted molar refractivity (Wildman–Crippen MR) is 69.5 cm³/mol. The molecule has 0 aromatic rings. The first-order valence-electron chi connectivity index (χ1n) is 6.33. The fraction of sp³-hybridized carbons (Fsp3) is 0.917. The molecule has 2 aliphatic rings. The second-order valence-corrected chi connectivity index (χ2v) is 4.80. The van der Waals surface area contributed by atoms with Crippen LogP contribution in [0.1, 0.15) is 25.7 Å². The van der Waals surface area contributed by atoms with Gasteiger partial charge in [0.2, 0.25) is 5.91 Å². The molecule has 5 heteroatoms. The summed E-state index contributed by atoms with van der Waals surface area (Å²) < 4.78 is 5.31. The van der Waals surface area contributed by atoms with E-state index in [0.29, 0.717) is 12.0 Å². The van der Waals surface area contributed by atoms with E-state index in [1.807, 2.05) is 4.90 Å². The maximum atomic E-state index is 12.2. The van der Waals surface area contributed by atoms with Gasteiger partial charge in [-0.05, 0) is 32.2 Å². The number of nitrogens with one attached hydrogen (secondary N) is 1. The Labute approximate surface area is 109 Å². The van der Waals surface area contributed by atoms with E-state index in [0.717, 1.165) is 51.9 Å². The monoisotopic (exact) mass is 262 g/mol. The molecule has 0 saturated carbocycles. The van der Waals surface area contributed by atoms with Gasteiger partial charge in [-0.3, -0.25) is 4.79 Å². The van der Waals surface area contributed by atoms with Gasteiger partial charge in [0.1, 0.15) is 0 Å². The fourth-order valence-electron chi connectivity index (χ4n) is 2.63. The summed E-state index contributed by atoms with van der Waals surface area (Å²) in [6, 6.07) is 0. The van der Waals surface area contributed by atoms with E-state index in [-0.39, 0.29) is 18.3 Å². The third kappa shape index (κ3) is 3.83. The molecule has 1 atom stereocenters. The molecule has 100 valence electrons. The number of piperidine rings is 2. The molecule has 0 aliphatic carbocycles. The van der Waals surface area contributed by atoms with Crippen LogP contribution in [0.3, 0.4) is 0 Å². The zero-order valence-electron chi connectivity index (χ0n) is 10.5. The van der Waals surface area contributed by atoms with Crippen molar-refractivity contribution in [3.63, 3.8) is 0 Å². The first-order valence-corrected chi connectivity index (χ1v) is 6.33. The second-order valence-electron chi connectivity index (χ2n) is 4.80. The van der Waals surface area contributed by atoms with Gasteiger partial charge in [-0.15, -0.1) is 12.4 Å². The van der Waals surface area contributed by atoms with Crippen LogP contribution in [0.25, 0.3) is 0 Å². The van der Waals surface area contributed by atoms with E-state index in [1.165, 1.54) is 0 Å². The smallest absolute Gasteiger partial charge is 0.226 e. The van der Waals surface area contributed by atoms with Crippen LogP contribution in [-0.4, -0.2) is 50.2 Å². The lowest BCUT2D eigenvalue weighted by Gasteiger charge is -2.34.